The van der Waals surface area contributed by atoms with E-state index in [0.717, 1.165) is 49.5 Å². The van der Waals surface area contributed by atoms with Gasteiger partial charge in [-0.2, -0.15) is 0 Å². The maximum absolute atomic E-state index is 12.5. The third-order valence-corrected chi connectivity index (χ3v) is 6.25. The topological polar surface area (TPSA) is 76.7 Å². The highest BCUT2D eigenvalue weighted by atomic mass is 32.2. The Morgan fingerprint density at radius 1 is 0.824 bits per heavy atom. The Kier molecular flexibility index (Phi) is 18.6. The summed E-state index contributed by atoms with van der Waals surface area (Å²) < 4.78 is 11.3. The predicted octanol–water partition coefficient (Wildman–Crippen LogP) is 6.44. The molecule has 0 aliphatic carbocycles. The summed E-state index contributed by atoms with van der Waals surface area (Å²) in [4.78, 5) is 25.8. The van der Waals surface area contributed by atoms with Crippen LogP contribution in [0.5, 0.6) is 0 Å². The Labute approximate surface area is 211 Å². The zero-order valence-corrected chi connectivity index (χ0v) is 22.4. The number of amides is 2. The van der Waals surface area contributed by atoms with E-state index in [1.54, 1.807) is 17.8 Å². The van der Waals surface area contributed by atoms with Gasteiger partial charge in [0.1, 0.15) is 0 Å². The fourth-order valence-electron chi connectivity index (χ4n) is 3.35. The molecule has 1 rings (SSSR count). The van der Waals surface area contributed by atoms with Crippen molar-refractivity contribution in [1.82, 2.24) is 5.32 Å². The van der Waals surface area contributed by atoms with E-state index >= 15 is 0 Å². The van der Waals surface area contributed by atoms with Crippen molar-refractivity contribution in [3.05, 3.63) is 23.8 Å². The lowest BCUT2D eigenvalue weighted by Crippen LogP contribution is -2.24. The number of ether oxygens (including phenoxy) is 2. The number of carbonyl (C=O) groups excluding carboxylic acids is 2. The molecule has 0 saturated heterocycles. The lowest BCUT2D eigenvalue weighted by molar-refractivity contribution is -0.116. The first kappa shape index (κ1) is 30.5. The minimum atomic E-state index is -0.106. The standard InChI is InChI=1S/C27H46N2O4S/c1-4-7-9-10-11-18-32-20-13-21-33-19-12-14-26(30)29-24-22-23(15-16-25(24)34-6-3)27(31)28-17-8-5-2/h15-16,22H,4-14,17-21H2,1-3H3,(H,28,31)(H,29,30). The zero-order chi connectivity index (χ0) is 24.9. The average Bonchev–Trinajstić information content (AvgIpc) is 2.83. The fraction of sp³-hybridized carbons (Fsp3) is 0.704. The van der Waals surface area contributed by atoms with Gasteiger partial charge in [0.05, 0.1) is 5.69 Å². The van der Waals surface area contributed by atoms with E-state index in [2.05, 4.69) is 31.4 Å². The van der Waals surface area contributed by atoms with Gasteiger partial charge in [0.2, 0.25) is 5.91 Å². The van der Waals surface area contributed by atoms with Gasteiger partial charge >= 0.3 is 0 Å². The summed E-state index contributed by atoms with van der Waals surface area (Å²) in [6.07, 6.45) is 10.2. The van der Waals surface area contributed by atoms with Crippen molar-refractivity contribution in [2.45, 2.75) is 89.9 Å². The molecule has 0 atom stereocenters. The number of hydrogen-bond acceptors (Lipinski definition) is 5. The first-order valence-corrected chi connectivity index (χ1v) is 14.1. The lowest BCUT2D eigenvalue weighted by atomic mass is 10.1. The molecule has 7 heteroatoms. The predicted molar refractivity (Wildman–Crippen MR) is 143 cm³/mol. The first-order valence-electron chi connectivity index (χ1n) is 13.1. The number of carbonyl (C=O) groups is 2. The van der Waals surface area contributed by atoms with Crippen LogP contribution in [0.2, 0.25) is 0 Å². The van der Waals surface area contributed by atoms with Gasteiger partial charge in [-0.1, -0.05) is 52.9 Å². The summed E-state index contributed by atoms with van der Waals surface area (Å²) in [6.45, 7) is 9.82. The summed E-state index contributed by atoms with van der Waals surface area (Å²) >= 11 is 1.65. The summed E-state index contributed by atoms with van der Waals surface area (Å²) in [5, 5.41) is 5.91. The molecule has 0 aliphatic rings. The maximum Gasteiger partial charge on any atom is 0.251 e. The van der Waals surface area contributed by atoms with Gasteiger partial charge in [-0.05, 0) is 49.6 Å². The second-order valence-corrected chi connectivity index (χ2v) is 9.70. The van der Waals surface area contributed by atoms with Gasteiger partial charge in [0.15, 0.2) is 0 Å². The van der Waals surface area contributed by atoms with E-state index in [1.165, 1.54) is 25.7 Å². The van der Waals surface area contributed by atoms with Gasteiger partial charge < -0.3 is 20.1 Å². The quantitative estimate of drug-likeness (QED) is 0.152. The number of rotatable bonds is 21. The van der Waals surface area contributed by atoms with Crippen molar-refractivity contribution in [1.29, 1.82) is 0 Å². The van der Waals surface area contributed by atoms with E-state index in [-0.39, 0.29) is 11.8 Å². The third-order valence-electron chi connectivity index (χ3n) is 5.29. The molecule has 2 amide bonds. The number of unbranched alkanes of at least 4 members (excludes halogenated alkanes) is 5. The van der Waals surface area contributed by atoms with Crippen molar-refractivity contribution in [3.8, 4) is 0 Å². The van der Waals surface area contributed by atoms with E-state index < -0.39 is 0 Å². The second-order valence-electron chi connectivity index (χ2n) is 8.40. The minimum absolute atomic E-state index is 0.0588. The van der Waals surface area contributed by atoms with Crippen molar-refractivity contribution in [2.24, 2.45) is 0 Å². The molecule has 0 fully saturated rings. The summed E-state index contributed by atoms with van der Waals surface area (Å²) in [6, 6.07) is 5.51. The van der Waals surface area contributed by atoms with Gasteiger partial charge in [-0.25, -0.2) is 0 Å². The molecule has 6 nitrogen and oxygen atoms in total. The highest BCUT2D eigenvalue weighted by Gasteiger charge is 2.12. The Balaban J connectivity index is 2.26. The molecule has 0 saturated carbocycles. The van der Waals surface area contributed by atoms with E-state index in [1.807, 2.05) is 12.1 Å². The molecule has 0 radical (unpaired) electrons. The van der Waals surface area contributed by atoms with Crippen LogP contribution in [0.15, 0.2) is 23.1 Å². The Morgan fingerprint density at radius 2 is 1.50 bits per heavy atom. The monoisotopic (exact) mass is 494 g/mol. The van der Waals surface area contributed by atoms with Crippen LogP contribution in [0.1, 0.15) is 95.3 Å². The minimum Gasteiger partial charge on any atom is -0.381 e. The molecule has 1 aromatic carbocycles. The smallest absolute Gasteiger partial charge is 0.251 e. The number of nitrogens with one attached hydrogen (secondary N) is 2. The van der Waals surface area contributed by atoms with Crippen LogP contribution in [0.3, 0.4) is 0 Å². The maximum atomic E-state index is 12.5. The van der Waals surface area contributed by atoms with Gasteiger partial charge in [-0.3, -0.25) is 9.59 Å². The van der Waals surface area contributed by atoms with Crippen molar-refractivity contribution in [3.63, 3.8) is 0 Å². The number of thioether (sulfide) groups is 1. The second kappa shape index (κ2) is 20.8. The molecular weight excluding hydrogens is 448 g/mol. The van der Waals surface area contributed by atoms with Gasteiger partial charge in [-0.15, -0.1) is 11.8 Å². The molecule has 0 unspecified atom stereocenters. The fourth-order valence-corrected chi connectivity index (χ4v) is 4.09. The first-order chi connectivity index (χ1) is 16.6. The summed E-state index contributed by atoms with van der Waals surface area (Å²) in [7, 11) is 0. The average molecular weight is 495 g/mol. The van der Waals surface area contributed by atoms with Crippen molar-refractivity contribution < 1.29 is 19.1 Å². The molecule has 34 heavy (non-hydrogen) atoms. The molecule has 0 bridgehead atoms. The van der Waals surface area contributed by atoms with Crippen LogP contribution in [0.25, 0.3) is 0 Å². The van der Waals surface area contributed by atoms with Crippen LogP contribution in [0, 0.1) is 0 Å². The highest BCUT2D eigenvalue weighted by molar-refractivity contribution is 7.99. The highest BCUT2D eigenvalue weighted by Crippen LogP contribution is 2.28. The van der Waals surface area contributed by atoms with Crippen LogP contribution >= 0.6 is 11.8 Å². The van der Waals surface area contributed by atoms with E-state index in [4.69, 9.17) is 9.47 Å². The number of benzene rings is 1. The SMILES string of the molecule is CCCCCCCOCCCOCCCC(=O)Nc1cc(C(=O)NCCCC)ccc1SCC. The van der Waals surface area contributed by atoms with Gasteiger partial charge in [0, 0.05) is 49.9 Å². The van der Waals surface area contributed by atoms with Crippen molar-refractivity contribution in [2.75, 3.05) is 44.0 Å². The number of anilines is 1. The van der Waals surface area contributed by atoms with Crippen LogP contribution in [-0.2, 0) is 14.3 Å². The zero-order valence-electron chi connectivity index (χ0n) is 21.6. The lowest BCUT2D eigenvalue weighted by Gasteiger charge is -2.13. The molecule has 194 valence electrons. The summed E-state index contributed by atoms with van der Waals surface area (Å²) in [5.41, 5.74) is 1.27. The Hall–Kier alpha value is -1.57. The van der Waals surface area contributed by atoms with E-state index in [0.29, 0.717) is 43.9 Å². The van der Waals surface area contributed by atoms with Gasteiger partial charge in [0.25, 0.3) is 5.91 Å². The van der Waals surface area contributed by atoms with Crippen LogP contribution in [-0.4, -0.2) is 50.5 Å². The van der Waals surface area contributed by atoms with E-state index in [9.17, 15) is 9.59 Å². The Morgan fingerprint density at radius 3 is 2.21 bits per heavy atom. The molecule has 0 spiro atoms. The normalized spacial score (nSPS) is 10.9. The molecule has 0 aromatic heterocycles. The number of hydrogen-bond donors (Lipinski definition) is 2. The molecule has 1 aromatic rings. The Bertz CT molecular complexity index is 685. The molecule has 0 aliphatic heterocycles. The van der Waals surface area contributed by atoms with Crippen LogP contribution in [0.4, 0.5) is 5.69 Å². The molecule has 2 N–H and O–H groups in total. The molecule has 0 heterocycles. The van der Waals surface area contributed by atoms with Crippen LogP contribution < -0.4 is 10.6 Å². The third kappa shape index (κ3) is 14.6. The molecular formula is C27H46N2O4S. The summed E-state index contributed by atoms with van der Waals surface area (Å²) in [5.74, 6) is 0.726. The van der Waals surface area contributed by atoms with Crippen molar-refractivity contribution >= 4 is 29.3 Å². The largest absolute Gasteiger partial charge is 0.381 e.